The number of halogens is 2. The number of hydrogen-bond acceptors (Lipinski definition) is 3. The molecule has 0 atom stereocenters. The largest absolute Gasteiger partial charge is 0.504 e. The molecule has 0 radical (unpaired) electrons. The summed E-state index contributed by atoms with van der Waals surface area (Å²) in [5, 5.41) is 19.0. The average molecular weight is 280 g/mol. The van der Waals surface area contributed by atoms with Gasteiger partial charge in [0.15, 0.2) is 5.75 Å². The second-order valence-corrected chi connectivity index (χ2v) is 4.58. The van der Waals surface area contributed by atoms with Crippen molar-refractivity contribution in [3.05, 3.63) is 46.4 Å². The normalized spacial score (nSPS) is 11.0. The molecular weight excluding hydrogens is 273 g/mol. The minimum Gasteiger partial charge on any atom is -0.504 e. The van der Waals surface area contributed by atoms with Crippen molar-refractivity contribution in [2.75, 3.05) is 0 Å². The highest BCUT2D eigenvalue weighted by molar-refractivity contribution is 6.36. The van der Waals surface area contributed by atoms with Gasteiger partial charge in [0.05, 0.1) is 5.02 Å². The minimum atomic E-state index is -0.0960. The predicted octanol–water partition coefficient (Wildman–Crippen LogP) is 3.43. The van der Waals surface area contributed by atoms with Gasteiger partial charge >= 0.3 is 0 Å². The van der Waals surface area contributed by atoms with Gasteiger partial charge in [-0.2, -0.15) is 0 Å². The molecule has 1 heterocycles. The molecule has 18 heavy (non-hydrogen) atoms. The molecule has 2 aromatic carbocycles. The Morgan fingerprint density at radius 3 is 2.22 bits per heavy atom. The number of aromatic nitrogens is 3. The fraction of sp³-hybridized carbons (Fsp3) is 0. The minimum absolute atomic E-state index is 0.0960. The molecule has 3 aromatic rings. The number of hydrogen-bond donors (Lipinski definition) is 1. The van der Waals surface area contributed by atoms with Crippen LogP contribution in [0.15, 0.2) is 36.4 Å². The fourth-order valence-electron chi connectivity index (χ4n) is 1.67. The Hall–Kier alpha value is -1.78. The van der Waals surface area contributed by atoms with Crippen molar-refractivity contribution in [3.8, 4) is 11.4 Å². The molecule has 0 unspecified atom stereocenters. The summed E-state index contributed by atoms with van der Waals surface area (Å²) in [5.41, 5.74) is 1.81. The molecule has 0 aliphatic rings. The van der Waals surface area contributed by atoms with E-state index in [1.54, 1.807) is 6.07 Å². The van der Waals surface area contributed by atoms with Gasteiger partial charge in [0.25, 0.3) is 0 Å². The molecule has 0 amide bonds. The molecule has 0 fully saturated rings. The molecule has 1 aromatic heterocycles. The van der Waals surface area contributed by atoms with Crippen molar-refractivity contribution < 1.29 is 5.11 Å². The molecule has 0 spiro atoms. The van der Waals surface area contributed by atoms with Crippen LogP contribution >= 0.6 is 23.2 Å². The zero-order chi connectivity index (χ0) is 12.7. The van der Waals surface area contributed by atoms with Crippen LogP contribution in [-0.2, 0) is 0 Å². The van der Waals surface area contributed by atoms with E-state index in [0.29, 0.717) is 10.7 Å². The van der Waals surface area contributed by atoms with Gasteiger partial charge in [-0.05, 0) is 24.3 Å². The lowest BCUT2D eigenvalue weighted by atomic mass is 10.3. The highest BCUT2D eigenvalue weighted by atomic mass is 35.5. The molecule has 0 bridgehead atoms. The zero-order valence-electron chi connectivity index (χ0n) is 9.01. The zero-order valence-corrected chi connectivity index (χ0v) is 10.5. The van der Waals surface area contributed by atoms with Crippen LogP contribution in [0.3, 0.4) is 0 Å². The molecule has 0 saturated heterocycles. The lowest BCUT2D eigenvalue weighted by Gasteiger charge is -2.05. The number of benzene rings is 2. The molecule has 0 aliphatic carbocycles. The van der Waals surface area contributed by atoms with Crippen LogP contribution in [0.25, 0.3) is 16.7 Å². The lowest BCUT2D eigenvalue weighted by molar-refractivity contribution is 0.468. The maximum Gasteiger partial charge on any atom is 0.161 e. The quantitative estimate of drug-likeness (QED) is 0.743. The average Bonchev–Trinajstić information content (AvgIpc) is 2.77. The van der Waals surface area contributed by atoms with E-state index in [9.17, 15) is 5.11 Å². The van der Waals surface area contributed by atoms with Gasteiger partial charge < -0.3 is 5.11 Å². The van der Waals surface area contributed by atoms with Gasteiger partial charge in [0.2, 0.25) is 0 Å². The third-order valence-electron chi connectivity index (χ3n) is 2.51. The summed E-state index contributed by atoms with van der Waals surface area (Å²) in [4.78, 5) is 1.32. The van der Waals surface area contributed by atoms with Crippen molar-refractivity contribution in [1.82, 2.24) is 15.0 Å². The predicted molar refractivity (Wildman–Crippen MR) is 70.5 cm³/mol. The summed E-state index contributed by atoms with van der Waals surface area (Å²) in [7, 11) is 0. The van der Waals surface area contributed by atoms with Gasteiger partial charge in [-0.15, -0.1) is 15.0 Å². The number of fused-ring (bicyclic) bond motifs is 1. The summed E-state index contributed by atoms with van der Waals surface area (Å²) >= 11 is 11.8. The molecule has 4 nitrogen and oxygen atoms in total. The second kappa shape index (κ2) is 4.15. The highest BCUT2D eigenvalue weighted by Crippen LogP contribution is 2.33. The number of nitrogens with zero attached hydrogens (tertiary/aromatic N) is 3. The van der Waals surface area contributed by atoms with Crippen LogP contribution in [0.4, 0.5) is 0 Å². The topological polar surface area (TPSA) is 50.9 Å². The summed E-state index contributed by atoms with van der Waals surface area (Å²) in [6.45, 7) is 0. The van der Waals surface area contributed by atoms with Gasteiger partial charge in [-0.3, -0.25) is 0 Å². The molecule has 6 heteroatoms. The maximum absolute atomic E-state index is 9.91. The summed E-state index contributed by atoms with van der Waals surface area (Å²) in [6, 6.07) is 10.4. The number of rotatable bonds is 1. The number of phenolic OH excluding ortho intramolecular Hbond substituents is 1. The van der Waals surface area contributed by atoms with Crippen molar-refractivity contribution in [2.24, 2.45) is 0 Å². The van der Waals surface area contributed by atoms with Crippen molar-refractivity contribution in [3.63, 3.8) is 0 Å². The van der Waals surface area contributed by atoms with Gasteiger partial charge in [-0.25, -0.2) is 0 Å². The van der Waals surface area contributed by atoms with Crippen LogP contribution in [0.1, 0.15) is 0 Å². The van der Waals surface area contributed by atoms with E-state index in [0.717, 1.165) is 11.0 Å². The smallest absolute Gasteiger partial charge is 0.161 e. The van der Waals surface area contributed by atoms with Crippen molar-refractivity contribution >= 4 is 34.2 Å². The number of aromatic hydroxyl groups is 1. The van der Waals surface area contributed by atoms with E-state index in [1.165, 1.54) is 10.9 Å². The molecule has 3 rings (SSSR count). The van der Waals surface area contributed by atoms with Crippen LogP contribution in [0, 0.1) is 0 Å². The Bertz CT molecular complexity index is 706. The molecule has 0 saturated carbocycles. The first-order valence-electron chi connectivity index (χ1n) is 5.15. The molecule has 1 N–H and O–H groups in total. The first-order chi connectivity index (χ1) is 8.65. The van der Waals surface area contributed by atoms with Gasteiger partial charge in [-0.1, -0.05) is 35.3 Å². The van der Waals surface area contributed by atoms with E-state index < -0.39 is 0 Å². The van der Waals surface area contributed by atoms with E-state index in [2.05, 4.69) is 10.2 Å². The maximum atomic E-state index is 9.91. The summed E-state index contributed by atoms with van der Waals surface area (Å²) in [5.74, 6) is -0.0960. The third-order valence-corrected chi connectivity index (χ3v) is 3.02. The summed E-state index contributed by atoms with van der Waals surface area (Å²) in [6.07, 6.45) is 0. The highest BCUT2D eigenvalue weighted by Gasteiger charge is 2.12. The standard InChI is InChI=1S/C12H7Cl2N3O/c13-7-5-8(14)12(18)11(6-7)17-15-9-3-1-2-4-10(9)16-17/h1-6,18H. The SMILES string of the molecule is Oc1c(Cl)cc(Cl)cc1-n1nc2ccccc2n1. The molecule has 0 aliphatic heterocycles. The van der Waals surface area contributed by atoms with Crippen LogP contribution in [0.5, 0.6) is 5.75 Å². The third kappa shape index (κ3) is 1.79. The first-order valence-corrected chi connectivity index (χ1v) is 5.91. The number of phenols is 1. The monoisotopic (exact) mass is 279 g/mol. The first kappa shape index (κ1) is 11.3. The molecular formula is C12H7Cl2N3O. The van der Waals surface area contributed by atoms with Gasteiger partial charge in [0.1, 0.15) is 16.7 Å². The fourth-order valence-corrected chi connectivity index (χ4v) is 2.16. The second-order valence-electron chi connectivity index (χ2n) is 3.73. The van der Waals surface area contributed by atoms with Crippen molar-refractivity contribution in [2.45, 2.75) is 0 Å². The Morgan fingerprint density at radius 1 is 1.00 bits per heavy atom. The Labute approximate surface area is 112 Å². The van der Waals surface area contributed by atoms with E-state index in [4.69, 9.17) is 23.2 Å². The summed E-state index contributed by atoms with van der Waals surface area (Å²) < 4.78 is 0. The lowest BCUT2D eigenvalue weighted by Crippen LogP contribution is -1.99. The van der Waals surface area contributed by atoms with Crippen LogP contribution in [0.2, 0.25) is 10.0 Å². The van der Waals surface area contributed by atoms with Crippen molar-refractivity contribution in [1.29, 1.82) is 0 Å². The molecule has 90 valence electrons. The van der Waals surface area contributed by atoms with E-state index >= 15 is 0 Å². The Morgan fingerprint density at radius 2 is 1.61 bits per heavy atom. The van der Waals surface area contributed by atoms with E-state index in [-0.39, 0.29) is 10.8 Å². The van der Waals surface area contributed by atoms with Crippen LogP contribution < -0.4 is 0 Å². The van der Waals surface area contributed by atoms with Gasteiger partial charge in [0, 0.05) is 5.02 Å². The Balaban J connectivity index is 2.26. The van der Waals surface area contributed by atoms with Crippen LogP contribution in [-0.4, -0.2) is 20.1 Å². The Kier molecular flexibility index (Phi) is 2.61. The van der Waals surface area contributed by atoms with E-state index in [1.807, 2.05) is 24.3 Å².